The molecule has 4 fully saturated rings. The van der Waals surface area contributed by atoms with Crippen molar-refractivity contribution in [3.8, 4) is 11.8 Å². The Kier molecular flexibility index (Phi) is 14.6. The van der Waals surface area contributed by atoms with Crippen molar-refractivity contribution in [2.24, 2.45) is 24.8 Å². The molecule has 0 saturated carbocycles. The molecule has 0 radical (unpaired) electrons. The van der Waals surface area contributed by atoms with E-state index in [9.17, 15) is 24.0 Å². The van der Waals surface area contributed by atoms with Crippen molar-refractivity contribution in [1.29, 1.82) is 0 Å². The summed E-state index contributed by atoms with van der Waals surface area (Å²) in [5, 5.41) is 14.7. The highest BCUT2D eigenvalue weighted by Gasteiger charge is 2.34. The molecule has 14 heteroatoms. The van der Waals surface area contributed by atoms with Gasteiger partial charge in [0.1, 0.15) is 6.04 Å². The monoisotopic (exact) mass is 907 g/mol. The second-order valence-electron chi connectivity index (χ2n) is 18.6. The number of rotatable bonds is 8. The van der Waals surface area contributed by atoms with Crippen LogP contribution in [0, 0.1) is 36.5 Å². The van der Waals surface area contributed by atoms with Crippen LogP contribution >= 0.6 is 0 Å². The topological polar surface area (TPSA) is 166 Å². The van der Waals surface area contributed by atoms with Gasteiger partial charge in [-0.3, -0.25) is 38.4 Å². The van der Waals surface area contributed by atoms with Crippen molar-refractivity contribution in [2.45, 2.75) is 77.3 Å². The van der Waals surface area contributed by atoms with Gasteiger partial charge in [-0.15, -0.1) is 0 Å². The van der Waals surface area contributed by atoms with Gasteiger partial charge in [-0.2, -0.15) is 0 Å². The van der Waals surface area contributed by atoms with Gasteiger partial charge in [-0.1, -0.05) is 60.4 Å². The molecule has 4 aromatic carbocycles. The third-order valence-electron chi connectivity index (χ3n) is 14.4. The number of benzene rings is 4. The van der Waals surface area contributed by atoms with Crippen LogP contribution in [-0.4, -0.2) is 100.0 Å². The predicted molar refractivity (Wildman–Crippen MR) is 259 cm³/mol. The summed E-state index contributed by atoms with van der Waals surface area (Å²) < 4.78 is 3.08. The first-order chi connectivity index (χ1) is 32.4. The number of anilines is 1. The molecule has 350 valence electrons. The molecule has 14 nitrogen and oxygen atoms in total. The van der Waals surface area contributed by atoms with Gasteiger partial charge in [-0.25, -0.2) is 4.79 Å². The van der Waals surface area contributed by atoms with Crippen LogP contribution < -0.4 is 21.2 Å². The highest BCUT2D eigenvalue weighted by molar-refractivity contribution is 6.00. The molecule has 0 bridgehead atoms. The van der Waals surface area contributed by atoms with E-state index in [-0.39, 0.29) is 42.4 Å². The predicted octanol–water partition coefficient (Wildman–Crippen LogP) is 6.19. The number of carbonyl (C=O) groups excluding carboxylic acids is 4. The number of hydrogen-bond donors (Lipinski definition) is 3. The van der Waals surface area contributed by atoms with E-state index < -0.39 is 11.9 Å². The number of carbonyl (C=O) groups is 5. The highest BCUT2D eigenvalue weighted by atomic mass is 16.3. The molecule has 3 N–H and O–H groups in total. The maximum Gasteiger partial charge on any atom is 0.329 e. The lowest BCUT2D eigenvalue weighted by atomic mass is 9.90. The molecule has 4 aliphatic heterocycles. The van der Waals surface area contributed by atoms with Crippen LogP contribution in [-0.2, 0) is 26.2 Å². The minimum Gasteiger partial charge on any atom is -0.483 e. The van der Waals surface area contributed by atoms with Crippen LogP contribution in [0.2, 0.25) is 0 Å². The Labute approximate surface area is 391 Å². The van der Waals surface area contributed by atoms with Crippen molar-refractivity contribution in [1.82, 2.24) is 29.6 Å². The molecule has 0 spiro atoms. The largest absolute Gasteiger partial charge is 0.483 e. The van der Waals surface area contributed by atoms with E-state index in [4.69, 9.17) is 9.90 Å². The van der Waals surface area contributed by atoms with E-state index in [0.717, 1.165) is 123 Å². The third-order valence-corrected chi connectivity index (χ3v) is 14.4. The highest BCUT2D eigenvalue weighted by Crippen LogP contribution is 2.32. The number of imide groups is 1. The number of amides is 4. The van der Waals surface area contributed by atoms with E-state index >= 15 is 0 Å². The van der Waals surface area contributed by atoms with E-state index in [2.05, 4.69) is 67.5 Å². The number of fused-ring (bicyclic) bond motifs is 2. The van der Waals surface area contributed by atoms with Crippen molar-refractivity contribution in [3.63, 3.8) is 0 Å². The van der Waals surface area contributed by atoms with Gasteiger partial charge in [0.15, 0.2) is 0 Å². The molecule has 5 heterocycles. The van der Waals surface area contributed by atoms with E-state index in [0.29, 0.717) is 35.2 Å². The first-order valence-electron chi connectivity index (χ1n) is 23.7. The number of nitrogens with zero attached hydrogens (tertiary/aromatic N) is 5. The standard InChI is InChI=1S/C52H59N7O5.CH2O2/c1-34-8-4-5-9-41(34)49(61)53-35(2)42-16-14-38(43-10-6-7-11-44(42)43)13-12-36-20-26-56(27-21-36)33-37-22-28-58(29-23-37)51(63)39-24-30-57(31-25-39)40-15-17-45-47(32-40)55(3)52(64)59(45)46-18-19-48(60)54-50(46)62;2-1-3/h4-11,14-17,32,35-37,39,46H,18-31,33H2,1-3H3,(H,53,61)(H,54,60,62);1H,(H,2,3)/t35-,46?;/m1./s1. The zero-order chi connectivity index (χ0) is 47.2. The summed E-state index contributed by atoms with van der Waals surface area (Å²) in [4.78, 5) is 79.8. The summed E-state index contributed by atoms with van der Waals surface area (Å²) in [5.41, 5.74) is 5.91. The molecular formula is C53H61N7O7. The Hall–Kier alpha value is -6.72. The molecular weight excluding hydrogens is 847 g/mol. The van der Waals surface area contributed by atoms with E-state index in [1.54, 1.807) is 11.6 Å². The summed E-state index contributed by atoms with van der Waals surface area (Å²) in [6.07, 6.45) is 6.29. The summed E-state index contributed by atoms with van der Waals surface area (Å²) in [6.45, 7) is 10.1. The summed E-state index contributed by atoms with van der Waals surface area (Å²) >= 11 is 0. The fraction of sp³-hybridized carbons (Fsp3) is 0.434. The van der Waals surface area contributed by atoms with Crippen LogP contribution in [0.4, 0.5) is 5.69 Å². The zero-order valence-electron chi connectivity index (χ0n) is 38.7. The van der Waals surface area contributed by atoms with Crippen molar-refractivity contribution < 1.29 is 29.1 Å². The van der Waals surface area contributed by atoms with Crippen molar-refractivity contribution in [3.05, 3.63) is 112 Å². The third kappa shape index (κ3) is 10.3. The number of aryl methyl sites for hydroxylation is 2. The number of imidazole rings is 1. The number of carboxylic acid groups (broad SMARTS) is 1. The Bertz CT molecular complexity index is 2780. The minimum atomic E-state index is -0.710. The maximum atomic E-state index is 13.7. The van der Waals surface area contributed by atoms with Gasteiger partial charge < -0.3 is 25.1 Å². The first-order valence-corrected chi connectivity index (χ1v) is 23.7. The molecule has 5 aromatic rings. The number of nitrogens with one attached hydrogen (secondary N) is 2. The van der Waals surface area contributed by atoms with E-state index in [1.165, 1.54) is 4.57 Å². The fourth-order valence-electron chi connectivity index (χ4n) is 10.6. The van der Waals surface area contributed by atoms with Crippen LogP contribution in [0.25, 0.3) is 21.8 Å². The smallest absolute Gasteiger partial charge is 0.329 e. The summed E-state index contributed by atoms with van der Waals surface area (Å²) in [5.74, 6) is 7.62. The lowest BCUT2D eigenvalue weighted by molar-refractivity contribution is -0.138. The molecule has 1 unspecified atom stereocenters. The van der Waals surface area contributed by atoms with Crippen LogP contribution in [0.1, 0.15) is 97.4 Å². The summed E-state index contributed by atoms with van der Waals surface area (Å²) in [6, 6.07) is 25.3. The van der Waals surface area contributed by atoms with Gasteiger partial charge >= 0.3 is 5.69 Å². The molecule has 4 amide bonds. The average Bonchev–Trinajstić information content (AvgIpc) is 3.59. The maximum absolute atomic E-state index is 13.7. The number of likely N-dealkylation sites (tertiary alicyclic amines) is 2. The Morgan fingerprint density at radius 3 is 2.22 bits per heavy atom. The molecule has 4 aliphatic rings. The van der Waals surface area contributed by atoms with Gasteiger partial charge in [0, 0.05) is 74.8 Å². The van der Waals surface area contributed by atoms with Crippen LogP contribution in [0.5, 0.6) is 0 Å². The van der Waals surface area contributed by atoms with E-state index in [1.807, 2.05) is 62.4 Å². The van der Waals surface area contributed by atoms with Gasteiger partial charge in [-0.05, 0) is 130 Å². The minimum absolute atomic E-state index is 0.0195. The quantitative estimate of drug-likeness (QED) is 0.0936. The molecule has 1 aromatic heterocycles. The van der Waals surface area contributed by atoms with Gasteiger partial charge in [0.05, 0.1) is 17.1 Å². The number of aromatic nitrogens is 2. The average molecular weight is 908 g/mol. The van der Waals surface area contributed by atoms with Crippen molar-refractivity contribution in [2.75, 3.05) is 50.7 Å². The second-order valence-corrected chi connectivity index (χ2v) is 18.6. The van der Waals surface area contributed by atoms with Crippen LogP contribution in [0.15, 0.2) is 83.7 Å². The molecule has 0 aliphatic carbocycles. The normalized spacial score (nSPS) is 19.2. The molecule has 9 rings (SSSR count). The number of hydrogen-bond acceptors (Lipinski definition) is 8. The van der Waals surface area contributed by atoms with Gasteiger partial charge in [0.25, 0.3) is 12.4 Å². The SMILES string of the molecule is Cc1ccccc1C(=O)N[C@H](C)c1ccc(C#CC2CCN(CC3CCN(C(=O)C4CCN(c5ccc6c(c5)n(C)c(=O)n6C5CCC(=O)NC5=O)CC4)CC3)CC2)c2ccccc12.O=CO. The zero-order valence-corrected chi connectivity index (χ0v) is 38.7. The van der Waals surface area contributed by atoms with Crippen LogP contribution in [0.3, 0.4) is 0 Å². The molecule has 67 heavy (non-hydrogen) atoms. The lowest BCUT2D eigenvalue weighted by Gasteiger charge is -2.39. The fourth-order valence-corrected chi connectivity index (χ4v) is 10.6. The Balaban J connectivity index is 0.00000198. The Morgan fingerprint density at radius 1 is 0.836 bits per heavy atom. The Morgan fingerprint density at radius 2 is 1.52 bits per heavy atom. The van der Waals surface area contributed by atoms with Gasteiger partial charge in [0.2, 0.25) is 17.7 Å². The first kappa shape index (κ1) is 46.8. The van der Waals surface area contributed by atoms with Crippen molar-refractivity contribution >= 4 is 57.6 Å². The number of piperidine rings is 4. The second kappa shape index (κ2) is 20.8. The lowest BCUT2D eigenvalue weighted by Crippen LogP contribution is -2.47. The summed E-state index contributed by atoms with van der Waals surface area (Å²) in [7, 11) is 1.72. The molecule has 2 atom stereocenters. The molecule has 4 saturated heterocycles.